The first-order chi connectivity index (χ1) is 17.2. The molecule has 2 aromatic heterocycles. The fourth-order valence-corrected chi connectivity index (χ4v) is 2.72. The van der Waals surface area contributed by atoms with Gasteiger partial charge in [-0.25, -0.2) is 9.59 Å². The number of para-hydroxylation sites is 2. The molecule has 4 aromatic rings. The zero-order valence-corrected chi connectivity index (χ0v) is 18.4. The van der Waals surface area contributed by atoms with Crippen molar-refractivity contribution in [2.75, 3.05) is 0 Å². The van der Waals surface area contributed by atoms with Gasteiger partial charge in [0.25, 0.3) is 11.4 Å². The molecule has 2 heterocycles. The quantitative estimate of drug-likeness (QED) is 0.292. The Morgan fingerprint density at radius 1 is 0.583 bits per heavy atom. The molecule has 0 saturated heterocycles. The van der Waals surface area contributed by atoms with Crippen LogP contribution in [0.5, 0.6) is 0 Å². The molecule has 12 nitrogen and oxygen atoms in total. The molecule has 0 radical (unpaired) electrons. The molecule has 0 aliphatic heterocycles. The van der Waals surface area contributed by atoms with E-state index in [1.165, 1.54) is 47.5 Å². The van der Waals surface area contributed by atoms with Crippen LogP contribution in [0.4, 0.5) is 11.4 Å². The van der Waals surface area contributed by atoms with Gasteiger partial charge in [0.15, 0.2) is 0 Å². The molecule has 0 bridgehead atoms. The first-order valence-corrected chi connectivity index (χ1v) is 9.96. The van der Waals surface area contributed by atoms with Crippen LogP contribution < -0.4 is 0 Å². The Kier molecular flexibility index (Phi) is 9.84. The minimum atomic E-state index is -1.29. The number of nitrogens with zero attached hydrogens (tertiary/aromatic N) is 4. The largest absolute Gasteiger partial charge is 0.477 e. The van der Waals surface area contributed by atoms with E-state index >= 15 is 0 Å². The van der Waals surface area contributed by atoms with Crippen molar-refractivity contribution < 1.29 is 29.6 Å². The third-order valence-electron chi connectivity index (χ3n) is 4.36. The van der Waals surface area contributed by atoms with Crippen LogP contribution in [0.3, 0.4) is 0 Å². The highest BCUT2D eigenvalue weighted by Gasteiger charge is 2.18. The van der Waals surface area contributed by atoms with Crippen LogP contribution in [0.25, 0.3) is 11.1 Å². The van der Waals surface area contributed by atoms with Crippen molar-refractivity contribution in [3.05, 3.63) is 129 Å². The van der Waals surface area contributed by atoms with Crippen molar-refractivity contribution in [2.45, 2.75) is 0 Å². The number of nitro benzene ring substituents is 2. The van der Waals surface area contributed by atoms with Crippen molar-refractivity contribution in [2.24, 2.45) is 0 Å². The summed E-state index contributed by atoms with van der Waals surface area (Å²) in [6.45, 7) is 0. The number of carbonyl (C=O) groups is 2. The second-order valence-corrected chi connectivity index (χ2v) is 6.63. The van der Waals surface area contributed by atoms with Crippen LogP contribution in [0.1, 0.15) is 20.7 Å². The summed E-state index contributed by atoms with van der Waals surface area (Å²) in [5.41, 5.74) is 1.000. The summed E-state index contributed by atoms with van der Waals surface area (Å²) in [5, 5.41) is 37.6. The summed E-state index contributed by atoms with van der Waals surface area (Å²) in [5.74, 6) is -2.58. The molecule has 0 fully saturated rings. The number of nitro groups is 2. The third kappa shape index (κ3) is 7.81. The highest BCUT2D eigenvalue weighted by atomic mass is 16.6. The van der Waals surface area contributed by atoms with Gasteiger partial charge in [-0.3, -0.25) is 30.2 Å². The Balaban J connectivity index is 0.000000190. The van der Waals surface area contributed by atoms with E-state index < -0.39 is 21.8 Å². The lowest BCUT2D eigenvalue weighted by atomic mass is 10.1. The molecule has 182 valence electrons. The molecule has 4 rings (SSSR count). The van der Waals surface area contributed by atoms with Crippen molar-refractivity contribution in [1.29, 1.82) is 0 Å². The average molecular weight is 490 g/mol. The average Bonchev–Trinajstić information content (AvgIpc) is 2.90. The molecule has 0 spiro atoms. The Bertz CT molecular complexity index is 1180. The normalized spacial score (nSPS) is 9.44. The Labute approximate surface area is 203 Å². The molecule has 0 saturated carbocycles. The number of carboxylic acid groups (broad SMARTS) is 2. The van der Waals surface area contributed by atoms with Gasteiger partial charge < -0.3 is 10.2 Å². The standard InChI is InChI=1S/C10H8N2.2C7H5NO4/c1-5-11-6-2-9(1)10-3-7-12-8-4-10;2*9-7(10)5-3-1-2-4-6(5)8(11)12/h1-8H;2*1-4H,(H,9,10). The molecular formula is C24H18N4O8. The molecular weight excluding hydrogens is 472 g/mol. The van der Waals surface area contributed by atoms with Crippen LogP contribution in [0.2, 0.25) is 0 Å². The first kappa shape index (κ1) is 26.7. The van der Waals surface area contributed by atoms with Crippen LogP contribution in [-0.2, 0) is 0 Å². The molecule has 0 amide bonds. The lowest BCUT2D eigenvalue weighted by Gasteiger charge is -1.97. The van der Waals surface area contributed by atoms with E-state index in [1.54, 1.807) is 24.8 Å². The number of hydrogen-bond donors (Lipinski definition) is 2. The molecule has 0 aliphatic carbocycles. The minimum Gasteiger partial charge on any atom is -0.477 e. The van der Waals surface area contributed by atoms with E-state index in [-0.39, 0.29) is 22.5 Å². The number of hydrogen-bond acceptors (Lipinski definition) is 8. The predicted octanol–water partition coefficient (Wildman–Crippen LogP) is 4.73. The highest BCUT2D eigenvalue weighted by molar-refractivity contribution is 5.92. The fraction of sp³-hybridized carbons (Fsp3) is 0. The smallest absolute Gasteiger partial charge is 0.342 e. The maximum Gasteiger partial charge on any atom is 0.342 e. The van der Waals surface area contributed by atoms with Gasteiger partial charge in [-0.1, -0.05) is 24.3 Å². The number of aromatic nitrogens is 2. The molecule has 36 heavy (non-hydrogen) atoms. The van der Waals surface area contributed by atoms with Gasteiger partial charge in [0, 0.05) is 36.9 Å². The second kappa shape index (κ2) is 13.3. The van der Waals surface area contributed by atoms with Gasteiger partial charge >= 0.3 is 11.9 Å². The Morgan fingerprint density at radius 2 is 0.889 bits per heavy atom. The van der Waals surface area contributed by atoms with E-state index in [0.717, 1.165) is 12.1 Å². The molecule has 0 atom stereocenters. The highest BCUT2D eigenvalue weighted by Crippen LogP contribution is 2.18. The number of rotatable bonds is 5. The number of pyridine rings is 2. The summed E-state index contributed by atoms with van der Waals surface area (Å²) >= 11 is 0. The zero-order chi connectivity index (χ0) is 26.5. The van der Waals surface area contributed by atoms with Crippen LogP contribution in [0, 0.1) is 20.2 Å². The lowest BCUT2D eigenvalue weighted by molar-refractivity contribution is -0.385. The molecule has 2 N–H and O–H groups in total. The second-order valence-electron chi connectivity index (χ2n) is 6.63. The van der Waals surface area contributed by atoms with Gasteiger partial charge in [0.05, 0.1) is 9.85 Å². The first-order valence-electron chi connectivity index (χ1n) is 9.96. The van der Waals surface area contributed by atoms with Crippen molar-refractivity contribution in [3.63, 3.8) is 0 Å². The summed E-state index contributed by atoms with van der Waals surface area (Å²) < 4.78 is 0. The third-order valence-corrected chi connectivity index (χ3v) is 4.36. The topological polar surface area (TPSA) is 187 Å². The van der Waals surface area contributed by atoms with Crippen LogP contribution >= 0.6 is 0 Å². The van der Waals surface area contributed by atoms with Gasteiger partial charge in [-0.2, -0.15) is 0 Å². The van der Waals surface area contributed by atoms with E-state index in [4.69, 9.17) is 10.2 Å². The summed E-state index contributed by atoms with van der Waals surface area (Å²) in [7, 11) is 0. The number of aromatic carboxylic acids is 2. The molecule has 0 aliphatic rings. The maximum atomic E-state index is 10.4. The number of benzene rings is 2. The maximum absolute atomic E-state index is 10.4. The van der Waals surface area contributed by atoms with E-state index in [0.29, 0.717) is 0 Å². The SMILES string of the molecule is O=C(O)c1ccccc1[N+](=O)[O-].O=C(O)c1ccccc1[N+](=O)[O-].c1cc(-c2ccncc2)ccn1. The van der Waals surface area contributed by atoms with Crippen LogP contribution in [0.15, 0.2) is 97.6 Å². The summed E-state index contributed by atoms with van der Waals surface area (Å²) in [6.07, 6.45) is 7.15. The Hall–Kier alpha value is -5.52. The van der Waals surface area contributed by atoms with Crippen molar-refractivity contribution in [3.8, 4) is 11.1 Å². The van der Waals surface area contributed by atoms with E-state index in [9.17, 15) is 29.8 Å². The van der Waals surface area contributed by atoms with Gasteiger partial charge in [0.1, 0.15) is 11.1 Å². The fourth-order valence-electron chi connectivity index (χ4n) is 2.72. The zero-order valence-electron chi connectivity index (χ0n) is 18.4. The van der Waals surface area contributed by atoms with Gasteiger partial charge in [0.2, 0.25) is 0 Å². The van der Waals surface area contributed by atoms with Crippen molar-refractivity contribution >= 4 is 23.3 Å². The molecule has 2 aromatic carbocycles. The van der Waals surface area contributed by atoms with E-state index in [1.807, 2.05) is 24.3 Å². The predicted molar refractivity (Wildman–Crippen MR) is 128 cm³/mol. The van der Waals surface area contributed by atoms with E-state index in [2.05, 4.69) is 9.97 Å². The van der Waals surface area contributed by atoms with Crippen molar-refractivity contribution in [1.82, 2.24) is 9.97 Å². The Morgan fingerprint density at radius 3 is 1.14 bits per heavy atom. The number of carboxylic acids is 2. The van der Waals surface area contributed by atoms with Gasteiger partial charge in [-0.05, 0) is 47.5 Å². The molecule has 12 heteroatoms. The van der Waals surface area contributed by atoms with Crippen LogP contribution in [-0.4, -0.2) is 42.0 Å². The lowest BCUT2D eigenvalue weighted by Crippen LogP contribution is -2.01. The monoisotopic (exact) mass is 490 g/mol. The summed E-state index contributed by atoms with van der Waals surface area (Å²) in [4.78, 5) is 47.9. The van der Waals surface area contributed by atoms with Gasteiger partial charge in [-0.15, -0.1) is 0 Å². The minimum absolute atomic E-state index is 0.289. The molecule has 0 unspecified atom stereocenters. The summed E-state index contributed by atoms with van der Waals surface area (Å²) in [6, 6.07) is 18.4.